The molecule has 1 aromatic heterocycles. The molecule has 2 aromatic rings. The quantitative estimate of drug-likeness (QED) is 0.901. The summed E-state index contributed by atoms with van der Waals surface area (Å²) in [4.78, 5) is 0. The number of aryl methyl sites for hydroxylation is 3. The summed E-state index contributed by atoms with van der Waals surface area (Å²) in [6, 6.07) is 8.03. The van der Waals surface area contributed by atoms with Crippen LogP contribution in [0.15, 0.2) is 24.3 Å². The Morgan fingerprint density at radius 3 is 2.28 bits per heavy atom. The lowest BCUT2D eigenvalue weighted by Gasteiger charge is -2.11. The molecule has 0 amide bonds. The van der Waals surface area contributed by atoms with Gasteiger partial charge in [0.2, 0.25) is 0 Å². The minimum Gasteiger partial charge on any atom is -0.388 e. The molecular weight excluding hydrogens is 224 g/mol. The van der Waals surface area contributed by atoms with Gasteiger partial charge in [-0.1, -0.05) is 29.8 Å². The topological polar surface area (TPSA) is 38.1 Å². The van der Waals surface area contributed by atoms with Gasteiger partial charge >= 0.3 is 0 Å². The van der Waals surface area contributed by atoms with Crippen molar-refractivity contribution >= 4 is 0 Å². The molecule has 1 aromatic carbocycles. The van der Waals surface area contributed by atoms with Gasteiger partial charge in [0.25, 0.3) is 0 Å². The van der Waals surface area contributed by atoms with Crippen molar-refractivity contribution in [1.82, 2.24) is 9.78 Å². The van der Waals surface area contributed by atoms with Gasteiger partial charge in [0.05, 0.1) is 11.8 Å². The lowest BCUT2D eigenvalue weighted by molar-refractivity contribution is 0.178. The fourth-order valence-electron chi connectivity index (χ4n) is 2.21. The van der Waals surface area contributed by atoms with E-state index in [1.54, 1.807) is 0 Å². The van der Waals surface area contributed by atoms with Crippen LogP contribution < -0.4 is 0 Å². The lowest BCUT2D eigenvalue weighted by Crippen LogP contribution is -2.04. The van der Waals surface area contributed by atoms with Crippen LogP contribution in [0.4, 0.5) is 0 Å². The molecule has 3 nitrogen and oxygen atoms in total. The van der Waals surface area contributed by atoms with Crippen molar-refractivity contribution in [3.63, 3.8) is 0 Å². The molecule has 96 valence electrons. The maximum atomic E-state index is 10.3. The smallest absolute Gasteiger partial charge is 0.0831 e. The van der Waals surface area contributed by atoms with E-state index in [4.69, 9.17) is 0 Å². The van der Waals surface area contributed by atoms with Crippen molar-refractivity contribution in [2.75, 3.05) is 0 Å². The first-order valence-corrected chi connectivity index (χ1v) is 6.22. The zero-order valence-electron chi connectivity index (χ0n) is 11.4. The molecule has 18 heavy (non-hydrogen) atoms. The molecular formula is C15H20N2O. The second-order valence-corrected chi connectivity index (χ2v) is 4.90. The van der Waals surface area contributed by atoms with Crippen LogP contribution in [0.25, 0.3) is 0 Å². The van der Waals surface area contributed by atoms with Crippen molar-refractivity contribution in [3.8, 4) is 0 Å². The number of hydrogen-bond acceptors (Lipinski definition) is 2. The molecule has 0 aliphatic heterocycles. The lowest BCUT2D eigenvalue weighted by atomic mass is 9.99. The number of hydrogen-bond donors (Lipinski definition) is 1. The van der Waals surface area contributed by atoms with Crippen LogP contribution in [0.3, 0.4) is 0 Å². The first-order valence-electron chi connectivity index (χ1n) is 6.22. The van der Waals surface area contributed by atoms with Crippen LogP contribution >= 0.6 is 0 Å². The van der Waals surface area contributed by atoms with Gasteiger partial charge in [-0.25, -0.2) is 0 Å². The Kier molecular flexibility index (Phi) is 3.53. The summed E-state index contributed by atoms with van der Waals surface area (Å²) in [7, 11) is 1.93. The van der Waals surface area contributed by atoms with Gasteiger partial charge in [0, 0.05) is 19.2 Å². The van der Waals surface area contributed by atoms with E-state index in [2.05, 4.69) is 5.10 Å². The van der Waals surface area contributed by atoms with Gasteiger partial charge in [-0.3, -0.25) is 4.68 Å². The highest BCUT2D eigenvalue weighted by Gasteiger charge is 2.15. The molecule has 1 heterocycles. The predicted octanol–water partition coefficient (Wildman–Crippen LogP) is 2.62. The van der Waals surface area contributed by atoms with Gasteiger partial charge in [0.1, 0.15) is 0 Å². The third-order valence-corrected chi connectivity index (χ3v) is 3.52. The van der Waals surface area contributed by atoms with Crippen LogP contribution in [-0.2, 0) is 13.5 Å². The van der Waals surface area contributed by atoms with Crippen LogP contribution in [-0.4, -0.2) is 14.9 Å². The molecule has 0 saturated carbocycles. The highest BCUT2D eigenvalue weighted by Crippen LogP contribution is 2.22. The van der Waals surface area contributed by atoms with Gasteiger partial charge in [-0.05, 0) is 31.9 Å². The zero-order valence-corrected chi connectivity index (χ0v) is 11.4. The summed E-state index contributed by atoms with van der Waals surface area (Å²) in [5, 5.41) is 14.7. The molecule has 2 rings (SSSR count). The molecule has 0 saturated heterocycles. The van der Waals surface area contributed by atoms with E-state index in [1.165, 1.54) is 5.56 Å². The standard InChI is InChI=1S/C15H20N2O/c1-10-5-7-13(8-6-10)15(18)9-14-11(2)16-17(4)12(14)3/h5-8,15,18H,9H2,1-4H3. The van der Waals surface area contributed by atoms with Crippen molar-refractivity contribution in [1.29, 1.82) is 0 Å². The Hall–Kier alpha value is -1.61. The predicted molar refractivity (Wildman–Crippen MR) is 72.5 cm³/mol. The summed E-state index contributed by atoms with van der Waals surface area (Å²) in [6.07, 6.45) is 0.154. The largest absolute Gasteiger partial charge is 0.388 e. The zero-order chi connectivity index (χ0) is 13.3. The third kappa shape index (κ3) is 2.46. The van der Waals surface area contributed by atoms with Crippen LogP contribution in [0.2, 0.25) is 0 Å². The van der Waals surface area contributed by atoms with E-state index in [-0.39, 0.29) is 0 Å². The summed E-state index contributed by atoms with van der Waals surface area (Å²) < 4.78 is 1.87. The van der Waals surface area contributed by atoms with Gasteiger partial charge in [-0.15, -0.1) is 0 Å². The van der Waals surface area contributed by atoms with E-state index in [0.29, 0.717) is 6.42 Å². The maximum absolute atomic E-state index is 10.3. The fraction of sp³-hybridized carbons (Fsp3) is 0.400. The highest BCUT2D eigenvalue weighted by atomic mass is 16.3. The second-order valence-electron chi connectivity index (χ2n) is 4.90. The molecule has 3 heteroatoms. The normalized spacial score (nSPS) is 12.7. The fourth-order valence-corrected chi connectivity index (χ4v) is 2.21. The SMILES string of the molecule is Cc1ccc(C(O)Cc2c(C)nn(C)c2C)cc1. The second kappa shape index (κ2) is 4.94. The van der Waals surface area contributed by atoms with E-state index in [1.807, 2.05) is 56.8 Å². The number of aliphatic hydroxyl groups is 1. The first-order chi connectivity index (χ1) is 8.49. The Morgan fingerprint density at radius 2 is 1.78 bits per heavy atom. The van der Waals surface area contributed by atoms with E-state index < -0.39 is 6.10 Å². The van der Waals surface area contributed by atoms with Crippen molar-refractivity contribution in [3.05, 3.63) is 52.3 Å². The molecule has 0 aliphatic carbocycles. The minimum absolute atomic E-state index is 0.466. The Bertz CT molecular complexity index is 540. The molecule has 1 unspecified atom stereocenters. The van der Waals surface area contributed by atoms with Crippen molar-refractivity contribution in [2.45, 2.75) is 33.3 Å². The molecule has 0 radical (unpaired) electrons. The van der Waals surface area contributed by atoms with Crippen LogP contribution in [0.5, 0.6) is 0 Å². The van der Waals surface area contributed by atoms with Crippen molar-refractivity contribution < 1.29 is 5.11 Å². The van der Waals surface area contributed by atoms with Gasteiger partial charge in [-0.2, -0.15) is 5.10 Å². The van der Waals surface area contributed by atoms with E-state index in [9.17, 15) is 5.11 Å². The average molecular weight is 244 g/mol. The van der Waals surface area contributed by atoms with E-state index >= 15 is 0 Å². The molecule has 0 spiro atoms. The molecule has 1 N–H and O–H groups in total. The Balaban J connectivity index is 2.21. The number of benzene rings is 1. The maximum Gasteiger partial charge on any atom is 0.0831 e. The third-order valence-electron chi connectivity index (χ3n) is 3.52. The molecule has 0 fully saturated rings. The Labute approximate surface area is 108 Å². The summed E-state index contributed by atoms with van der Waals surface area (Å²) >= 11 is 0. The monoisotopic (exact) mass is 244 g/mol. The number of aliphatic hydroxyl groups excluding tert-OH is 1. The summed E-state index contributed by atoms with van der Waals surface area (Å²) in [5.41, 5.74) is 5.44. The number of aromatic nitrogens is 2. The Morgan fingerprint density at radius 1 is 1.17 bits per heavy atom. The molecule has 1 atom stereocenters. The summed E-state index contributed by atoms with van der Waals surface area (Å²) in [5.74, 6) is 0. The average Bonchev–Trinajstić information content (AvgIpc) is 2.57. The number of nitrogens with zero attached hydrogens (tertiary/aromatic N) is 2. The highest BCUT2D eigenvalue weighted by molar-refractivity contribution is 5.29. The van der Waals surface area contributed by atoms with Gasteiger partial charge < -0.3 is 5.11 Å². The van der Waals surface area contributed by atoms with Crippen LogP contribution in [0.1, 0.15) is 34.2 Å². The number of rotatable bonds is 3. The molecule has 0 bridgehead atoms. The first kappa shape index (κ1) is 12.8. The van der Waals surface area contributed by atoms with E-state index in [0.717, 1.165) is 22.5 Å². The van der Waals surface area contributed by atoms with Crippen LogP contribution in [0, 0.1) is 20.8 Å². The van der Waals surface area contributed by atoms with Crippen molar-refractivity contribution in [2.24, 2.45) is 7.05 Å². The molecule has 0 aliphatic rings. The minimum atomic E-state index is -0.466. The van der Waals surface area contributed by atoms with Gasteiger partial charge in [0.15, 0.2) is 0 Å². The summed E-state index contributed by atoms with van der Waals surface area (Å²) in [6.45, 7) is 6.08.